The van der Waals surface area contributed by atoms with Gasteiger partial charge in [-0.3, -0.25) is 0 Å². The van der Waals surface area contributed by atoms with Crippen LogP contribution in [-0.2, 0) is 6.18 Å². The Balaban J connectivity index is 3.18. The largest absolute Gasteiger partial charge is 0.416 e. The number of aliphatic hydroxyl groups excluding tert-OH is 2. The van der Waals surface area contributed by atoms with Gasteiger partial charge < -0.3 is 21.3 Å². The molecule has 0 amide bonds. The summed E-state index contributed by atoms with van der Waals surface area (Å²) in [6.07, 6.45) is -8.09. The molecule has 0 fully saturated rings. The number of hydrogen-bond acceptors (Lipinski definition) is 4. The summed E-state index contributed by atoms with van der Waals surface area (Å²) in [5, 5.41) is 22.1. The van der Waals surface area contributed by atoms with Gasteiger partial charge in [-0.15, -0.1) is 0 Å². The zero-order chi connectivity index (χ0) is 15.5. The lowest BCUT2D eigenvalue weighted by atomic mass is 9.96. The van der Waals surface area contributed by atoms with Crippen LogP contribution in [0.1, 0.15) is 23.7 Å². The van der Waals surface area contributed by atoms with Crippen molar-refractivity contribution >= 4 is 5.69 Å². The maximum absolute atomic E-state index is 13.3. The number of anilines is 1. The van der Waals surface area contributed by atoms with Crippen molar-refractivity contribution in [3.8, 4) is 0 Å². The molecule has 2 unspecified atom stereocenters. The van der Waals surface area contributed by atoms with Gasteiger partial charge in [0.05, 0.1) is 17.4 Å². The van der Waals surface area contributed by atoms with Crippen molar-refractivity contribution in [2.75, 3.05) is 19.3 Å². The third-order valence-corrected chi connectivity index (χ3v) is 2.85. The zero-order valence-corrected chi connectivity index (χ0v) is 10.7. The number of rotatable bonds is 5. The lowest BCUT2D eigenvalue weighted by Crippen LogP contribution is -2.25. The molecule has 4 nitrogen and oxygen atoms in total. The van der Waals surface area contributed by atoms with Crippen LogP contribution in [0.5, 0.6) is 0 Å². The number of halogens is 4. The Bertz CT molecular complexity index is 466. The van der Waals surface area contributed by atoms with Crippen LogP contribution < -0.4 is 11.1 Å². The van der Waals surface area contributed by atoms with E-state index in [9.17, 15) is 27.8 Å². The highest BCUT2D eigenvalue weighted by molar-refractivity contribution is 5.48. The van der Waals surface area contributed by atoms with E-state index >= 15 is 0 Å². The summed E-state index contributed by atoms with van der Waals surface area (Å²) < 4.78 is 51.9. The summed E-state index contributed by atoms with van der Waals surface area (Å²) in [6, 6.07) is 0.921. The molecule has 0 bridgehead atoms. The lowest BCUT2D eigenvalue weighted by molar-refractivity contribution is -0.140. The first kappa shape index (κ1) is 16.7. The number of alkyl halides is 3. The number of nitrogens with two attached hydrogens (primary N) is 1. The van der Waals surface area contributed by atoms with E-state index in [4.69, 9.17) is 5.73 Å². The molecular weight excluding hydrogens is 280 g/mol. The fourth-order valence-corrected chi connectivity index (χ4v) is 1.75. The van der Waals surface area contributed by atoms with E-state index in [0.717, 1.165) is 0 Å². The van der Waals surface area contributed by atoms with Crippen molar-refractivity contribution in [2.24, 2.45) is 0 Å². The Kier molecular flexibility index (Phi) is 5.32. The van der Waals surface area contributed by atoms with Gasteiger partial charge in [-0.25, -0.2) is 4.39 Å². The molecule has 0 radical (unpaired) electrons. The molecule has 2 atom stereocenters. The Morgan fingerprint density at radius 3 is 2.40 bits per heavy atom. The van der Waals surface area contributed by atoms with Gasteiger partial charge in [-0.05, 0) is 37.7 Å². The molecular formula is C12H16F4N2O2. The number of nitrogen functional groups attached to an aromatic ring is 1. The predicted molar refractivity (Wildman–Crippen MR) is 65.3 cm³/mol. The third kappa shape index (κ3) is 3.81. The Morgan fingerprint density at radius 2 is 1.90 bits per heavy atom. The molecule has 0 aromatic heterocycles. The fraction of sp³-hybridized carbons (Fsp3) is 0.500. The van der Waals surface area contributed by atoms with Crippen molar-refractivity contribution in [3.63, 3.8) is 0 Å². The maximum atomic E-state index is 13.3. The number of hydrogen-bond donors (Lipinski definition) is 4. The average molecular weight is 296 g/mol. The highest BCUT2D eigenvalue weighted by atomic mass is 19.4. The monoisotopic (exact) mass is 296 g/mol. The van der Waals surface area contributed by atoms with Crippen LogP contribution in [0.25, 0.3) is 0 Å². The molecule has 114 valence electrons. The minimum Gasteiger partial charge on any atom is -0.396 e. The highest BCUT2D eigenvalue weighted by Crippen LogP contribution is 2.37. The quantitative estimate of drug-likeness (QED) is 0.489. The minimum atomic E-state index is -4.80. The van der Waals surface area contributed by atoms with Crippen molar-refractivity contribution in [2.45, 2.75) is 24.8 Å². The Labute approximate surface area is 113 Å². The minimum absolute atomic E-state index is 0.0148. The summed E-state index contributed by atoms with van der Waals surface area (Å²) in [5.74, 6) is -1.08. The first-order chi connectivity index (χ1) is 9.18. The topological polar surface area (TPSA) is 78.5 Å². The zero-order valence-electron chi connectivity index (χ0n) is 10.7. The smallest absolute Gasteiger partial charge is 0.396 e. The summed E-state index contributed by atoms with van der Waals surface area (Å²) in [7, 11) is 1.59. The van der Waals surface area contributed by atoms with E-state index < -0.39 is 41.0 Å². The number of aliphatic hydroxyl groups is 2. The SMILES string of the molecule is CNCCC(O)C(O)c1cc(F)c(N)cc1C(F)(F)F. The average Bonchev–Trinajstić information content (AvgIpc) is 2.36. The van der Waals surface area contributed by atoms with Gasteiger partial charge in [-0.2, -0.15) is 13.2 Å². The molecule has 8 heteroatoms. The molecule has 1 rings (SSSR count). The van der Waals surface area contributed by atoms with Gasteiger partial charge in [0.25, 0.3) is 0 Å². The summed E-state index contributed by atoms with van der Waals surface area (Å²) in [5.41, 5.74) is 2.46. The van der Waals surface area contributed by atoms with Crippen LogP contribution in [0.3, 0.4) is 0 Å². The second-order valence-electron chi connectivity index (χ2n) is 4.36. The normalized spacial score (nSPS) is 15.2. The predicted octanol–water partition coefficient (Wildman–Crippen LogP) is 1.43. The first-order valence-corrected chi connectivity index (χ1v) is 5.85. The van der Waals surface area contributed by atoms with Gasteiger partial charge in [0.15, 0.2) is 0 Å². The summed E-state index contributed by atoms with van der Waals surface area (Å²) >= 11 is 0. The lowest BCUT2D eigenvalue weighted by Gasteiger charge is -2.22. The molecule has 0 heterocycles. The van der Waals surface area contributed by atoms with Crippen molar-refractivity contribution in [1.82, 2.24) is 5.32 Å². The first-order valence-electron chi connectivity index (χ1n) is 5.85. The highest BCUT2D eigenvalue weighted by Gasteiger charge is 2.37. The van der Waals surface area contributed by atoms with E-state index in [1.54, 1.807) is 7.05 Å². The third-order valence-electron chi connectivity index (χ3n) is 2.85. The van der Waals surface area contributed by atoms with Crippen LogP contribution in [0.2, 0.25) is 0 Å². The van der Waals surface area contributed by atoms with Crippen molar-refractivity contribution in [3.05, 3.63) is 29.1 Å². The summed E-state index contributed by atoms with van der Waals surface area (Å²) in [6.45, 7) is 0.289. The van der Waals surface area contributed by atoms with Gasteiger partial charge in [0, 0.05) is 0 Å². The van der Waals surface area contributed by atoms with Crippen molar-refractivity contribution < 1.29 is 27.8 Å². The molecule has 20 heavy (non-hydrogen) atoms. The molecule has 5 N–H and O–H groups in total. The van der Waals surface area contributed by atoms with Crippen LogP contribution in [-0.4, -0.2) is 29.9 Å². The van der Waals surface area contributed by atoms with Gasteiger partial charge in [0.2, 0.25) is 0 Å². The standard InChI is InChI=1S/C12H16F4N2O2/c1-18-3-2-10(19)11(20)6-4-8(13)9(17)5-7(6)12(14,15)16/h4-5,10-11,18-20H,2-3,17H2,1H3. The van der Waals surface area contributed by atoms with Crippen LogP contribution in [0.4, 0.5) is 23.2 Å². The fourth-order valence-electron chi connectivity index (χ4n) is 1.75. The van der Waals surface area contributed by atoms with Crippen LogP contribution >= 0.6 is 0 Å². The van der Waals surface area contributed by atoms with Crippen molar-refractivity contribution in [1.29, 1.82) is 0 Å². The van der Waals surface area contributed by atoms with Crippen LogP contribution in [0, 0.1) is 5.82 Å². The van der Waals surface area contributed by atoms with E-state index in [-0.39, 0.29) is 13.0 Å². The molecule has 1 aromatic rings. The molecule has 0 aliphatic heterocycles. The Hall–Kier alpha value is -1.38. The molecule has 0 saturated heterocycles. The Morgan fingerprint density at radius 1 is 1.30 bits per heavy atom. The molecule has 0 spiro atoms. The second-order valence-corrected chi connectivity index (χ2v) is 4.36. The van der Waals surface area contributed by atoms with Gasteiger partial charge >= 0.3 is 6.18 Å². The summed E-state index contributed by atoms with van der Waals surface area (Å²) in [4.78, 5) is 0. The molecule has 0 saturated carbocycles. The van der Waals surface area contributed by atoms with Gasteiger partial charge in [-0.1, -0.05) is 0 Å². The molecule has 1 aromatic carbocycles. The van der Waals surface area contributed by atoms with Gasteiger partial charge in [0.1, 0.15) is 11.9 Å². The molecule has 0 aliphatic rings. The van der Waals surface area contributed by atoms with Crippen LogP contribution in [0.15, 0.2) is 12.1 Å². The maximum Gasteiger partial charge on any atom is 0.416 e. The number of nitrogens with one attached hydrogen (secondary N) is 1. The van der Waals surface area contributed by atoms with E-state index in [2.05, 4.69) is 5.32 Å². The number of benzene rings is 1. The van der Waals surface area contributed by atoms with E-state index in [0.29, 0.717) is 12.1 Å². The second kappa shape index (κ2) is 6.38. The molecule has 0 aliphatic carbocycles. The van der Waals surface area contributed by atoms with E-state index in [1.165, 1.54) is 0 Å². The van der Waals surface area contributed by atoms with E-state index in [1.807, 2.05) is 0 Å².